The van der Waals surface area contributed by atoms with Gasteiger partial charge in [-0.1, -0.05) is 24.3 Å². The number of nitrogens with zero attached hydrogens (tertiary/aromatic N) is 2. The summed E-state index contributed by atoms with van der Waals surface area (Å²) in [5.74, 6) is -0.642. The molecule has 0 bridgehead atoms. The van der Waals surface area contributed by atoms with Crippen molar-refractivity contribution in [2.24, 2.45) is 0 Å². The molecule has 0 saturated heterocycles. The Kier molecular flexibility index (Phi) is 4.70. The number of para-hydroxylation sites is 1. The SMILES string of the molecule is Cc1ccc(C(=O)NCCc2cnn(-c3ccccc3)c2)cc1F. The molecule has 4 nitrogen and oxygen atoms in total. The Hall–Kier alpha value is -2.95. The van der Waals surface area contributed by atoms with Gasteiger partial charge in [-0.3, -0.25) is 4.79 Å². The van der Waals surface area contributed by atoms with E-state index in [9.17, 15) is 9.18 Å². The minimum absolute atomic E-state index is 0.274. The molecule has 0 radical (unpaired) electrons. The van der Waals surface area contributed by atoms with Crippen molar-refractivity contribution >= 4 is 5.91 Å². The van der Waals surface area contributed by atoms with Gasteiger partial charge in [0.2, 0.25) is 0 Å². The molecule has 0 unspecified atom stereocenters. The maximum atomic E-state index is 13.5. The number of benzene rings is 2. The summed E-state index contributed by atoms with van der Waals surface area (Å²) < 4.78 is 15.3. The van der Waals surface area contributed by atoms with Crippen molar-refractivity contribution in [1.29, 1.82) is 0 Å². The second-order valence-corrected chi connectivity index (χ2v) is 5.60. The third-order valence-corrected chi connectivity index (χ3v) is 3.79. The van der Waals surface area contributed by atoms with E-state index in [1.807, 2.05) is 36.5 Å². The minimum Gasteiger partial charge on any atom is -0.352 e. The van der Waals surface area contributed by atoms with Gasteiger partial charge >= 0.3 is 0 Å². The molecule has 0 aliphatic carbocycles. The van der Waals surface area contributed by atoms with Gasteiger partial charge in [0.05, 0.1) is 11.9 Å². The number of hydrogen-bond donors (Lipinski definition) is 1. The average molecular weight is 323 g/mol. The fourth-order valence-electron chi connectivity index (χ4n) is 2.37. The number of halogens is 1. The number of nitrogens with one attached hydrogen (secondary N) is 1. The molecule has 1 heterocycles. The lowest BCUT2D eigenvalue weighted by molar-refractivity contribution is 0.0953. The van der Waals surface area contributed by atoms with Gasteiger partial charge in [-0.05, 0) is 48.7 Å². The van der Waals surface area contributed by atoms with Crippen LogP contribution in [0.25, 0.3) is 5.69 Å². The predicted molar refractivity (Wildman–Crippen MR) is 90.7 cm³/mol. The van der Waals surface area contributed by atoms with Crippen molar-refractivity contribution in [1.82, 2.24) is 15.1 Å². The zero-order valence-electron chi connectivity index (χ0n) is 13.4. The number of carbonyl (C=O) groups excluding carboxylic acids is 1. The molecular weight excluding hydrogens is 305 g/mol. The van der Waals surface area contributed by atoms with Crippen LogP contribution in [0.1, 0.15) is 21.5 Å². The highest BCUT2D eigenvalue weighted by atomic mass is 19.1. The molecule has 0 fully saturated rings. The first-order chi connectivity index (χ1) is 11.6. The van der Waals surface area contributed by atoms with E-state index in [0.29, 0.717) is 24.1 Å². The number of hydrogen-bond acceptors (Lipinski definition) is 2. The van der Waals surface area contributed by atoms with Gasteiger partial charge in [-0.25, -0.2) is 9.07 Å². The van der Waals surface area contributed by atoms with Crippen molar-refractivity contribution in [3.05, 3.63) is 83.4 Å². The Morgan fingerprint density at radius 3 is 2.75 bits per heavy atom. The van der Waals surface area contributed by atoms with Gasteiger partial charge in [0.1, 0.15) is 5.82 Å². The Bertz CT molecular complexity index is 843. The Labute approximate surface area is 139 Å². The van der Waals surface area contributed by atoms with Gasteiger partial charge in [0.15, 0.2) is 0 Å². The fraction of sp³-hybridized carbons (Fsp3) is 0.158. The van der Waals surface area contributed by atoms with Crippen molar-refractivity contribution < 1.29 is 9.18 Å². The van der Waals surface area contributed by atoms with Crippen LogP contribution in [0.2, 0.25) is 0 Å². The van der Waals surface area contributed by atoms with E-state index in [-0.39, 0.29) is 11.7 Å². The highest BCUT2D eigenvalue weighted by molar-refractivity contribution is 5.94. The van der Waals surface area contributed by atoms with Crippen LogP contribution >= 0.6 is 0 Å². The Balaban J connectivity index is 1.56. The topological polar surface area (TPSA) is 46.9 Å². The van der Waals surface area contributed by atoms with Crippen molar-refractivity contribution in [2.45, 2.75) is 13.3 Å². The molecule has 122 valence electrons. The third kappa shape index (κ3) is 3.68. The first kappa shape index (κ1) is 15.9. The van der Waals surface area contributed by atoms with E-state index < -0.39 is 0 Å². The maximum absolute atomic E-state index is 13.5. The summed E-state index contributed by atoms with van der Waals surface area (Å²) in [7, 11) is 0. The van der Waals surface area contributed by atoms with Gasteiger partial charge in [-0.15, -0.1) is 0 Å². The summed E-state index contributed by atoms with van der Waals surface area (Å²) in [4.78, 5) is 12.0. The number of aromatic nitrogens is 2. The first-order valence-corrected chi connectivity index (χ1v) is 7.77. The third-order valence-electron chi connectivity index (χ3n) is 3.79. The number of rotatable bonds is 5. The molecule has 3 aromatic rings. The van der Waals surface area contributed by atoms with Crippen molar-refractivity contribution in [3.8, 4) is 5.69 Å². The van der Waals surface area contributed by atoms with Crippen LogP contribution in [-0.2, 0) is 6.42 Å². The van der Waals surface area contributed by atoms with E-state index in [1.54, 1.807) is 29.9 Å². The normalized spacial score (nSPS) is 10.6. The quantitative estimate of drug-likeness (QED) is 0.783. The molecule has 1 N–H and O–H groups in total. The molecule has 3 rings (SSSR count). The predicted octanol–water partition coefficient (Wildman–Crippen LogP) is 3.29. The monoisotopic (exact) mass is 323 g/mol. The van der Waals surface area contributed by atoms with Crippen LogP contribution in [0.4, 0.5) is 4.39 Å². The standard InChI is InChI=1S/C19H18FN3O/c1-14-7-8-16(11-18(14)20)19(24)21-10-9-15-12-22-23(13-15)17-5-3-2-4-6-17/h2-8,11-13H,9-10H2,1H3,(H,21,24). The van der Waals surface area contributed by atoms with E-state index >= 15 is 0 Å². The molecule has 0 aliphatic heterocycles. The van der Waals surface area contributed by atoms with Crippen LogP contribution in [-0.4, -0.2) is 22.2 Å². The van der Waals surface area contributed by atoms with Gasteiger partial charge < -0.3 is 5.32 Å². The van der Waals surface area contributed by atoms with E-state index in [2.05, 4.69) is 10.4 Å². The second kappa shape index (κ2) is 7.08. The maximum Gasteiger partial charge on any atom is 0.251 e. The molecule has 5 heteroatoms. The second-order valence-electron chi connectivity index (χ2n) is 5.60. The summed E-state index contributed by atoms with van der Waals surface area (Å²) in [5.41, 5.74) is 2.87. The lowest BCUT2D eigenvalue weighted by atomic mass is 10.1. The minimum atomic E-state index is -0.369. The zero-order valence-corrected chi connectivity index (χ0v) is 13.4. The summed E-state index contributed by atoms with van der Waals surface area (Å²) in [6.45, 7) is 2.14. The Morgan fingerprint density at radius 2 is 2.00 bits per heavy atom. The van der Waals surface area contributed by atoms with Gasteiger partial charge in [-0.2, -0.15) is 5.10 Å². The molecular formula is C19H18FN3O. The average Bonchev–Trinajstić information content (AvgIpc) is 3.07. The smallest absolute Gasteiger partial charge is 0.251 e. The highest BCUT2D eigenvalue weighted by Gasteiger charge is 2.08. The summed E-state index contributed by atoms with van der Waals surface area (Å²) in [6.07, 6.45) is 4.38. The largest absolute Gasteiger partial charge is 0.352 e. The van der Waals surface area contributed by atoms with Crippen molar-refractivity contribution in [2.75, 3.05) is 6.54 Å². The number of carbonyl (C=O) groups is 1. The molecule has 0 saturated carbocycles. The number of amides is 1. The molecule has 2 aromatic carbocycles. The van der Waals surface area contributed by atoms with E-state index in [0.717, 1.165) is 11.3 Å². The summed E-state index contributed by atoms with van der Waals surface area (Å²) in [6, 6.07) is 14.3. The molecule has 1 aromatic heterocycles. The van der Waals surface area contributed by atoms with E-state index in [4.69, 9.17) is 0 Å². The fourth-order valence-corrected chi connectivity index (χ4v) is 2.37. The van der Waals surface area contributed by atoms with Crippen LogP contribution in [0.5, 0.6) is 0 Å². The molecule has 1 amide bonds. The Morgan fingerprint density at radius 1 is 1.21 bits per heavy atom. The number of aryl methyl sites for hydroxylation is 1. The highest BCUT2D eigenvalue weighted by Crippen LogP contribution is 2.10. The molecule has 0 aliphatic rings. The lowest BCUT2D eigenvalue weighted by Gasteiger charge is -2.05. The molecule has 0 spiro atoms. The first-order valence-electron chi connectivity index (χ1n) is 7.77. The van der Waals surface area contributed by atoms with Crippen LogP contribution in [0.3, 0.4) is 0 Å². The van der Waals surface area contributed by atoms with Crippen LogP contribution in [0.15, 0.2) is 60.9 Å². The van der Waals surface area contributed by atoms with Crippen molar-refractivity contribution in [3.63, 3.8) is 0 Å². The summed E-state index contributed by atoms with van der Waals surface area (Å²) in [5, 5.41) is 7.12. The van der Waals surface area contributed by atoms with E-state index in [1.165, 1.54) is 6.07 Å². The lowest BCUT2D eigenvalue weighted by Crippen LogP contribution is -2.25. The molecule has 24 heavy (non-hydrogen) atoms. The zero-order chi connectivity index (χ0) is 16.9. The van der Waals surface area contributed by atoms with Gasteiger partial charge in [0.25, 0.3) is 5.91 Å². The van der Waals surface area contributed by atoms with Crippen LogP contribution < -0.4 is 5.32 Å². The molecule has 0 atom stereocenters. The van der Waals surface area contributed by atoms with Crippen LogP contribution in [0, 0.1) is 12.7 Å². The summed E-state index contributed by atoms with van der Waals surface area (Å²) >= 11 is 0. The van der Waals surface area contributed by atoms with Gasteiger partial charge in [0, 0.05) is 18.3 Å².